The Hall–Kier alpha value is -2.40. The highest BCUT2D eigenvalue weighted by molar-refractivity contribution is 7.89. The molecule has 1 aromatic heterocycles. The van der Waals surface area contributed by atoms with Crippen LogP contribution in [-0.4, -0.2) is 51.7 Å². The lowest BCUT2D eigenvalue weighted by atomic mass is 10.1. The van der Waals surface area contributed by atoms with Gasteiger partial charge in [-0.05, 0) is 19.1 Å². The topological polar surface area (TPSA) is 135 Å². The van der Waals surface area contributed by atoms with Crippen LogP contribution in [0.1, 0.15) is 26.7 Å². The number of furan rings is 1. The van der Waals surface area contributed by atoms with Crippen LogP contribution in [0.2, 0.25) is 0 Å². The normalized spacial score (nSPS) is 11.0. The van der Waals surface area contributed by atoms with Crippen molar-refractivity contribution in [2.24, 2.45) is 5.73 Å². The Kier molecular flexibility index (Phi) is 8.18. The molecule has 0 fully saturated rings. The van der Waals surface area contributed by atoms with Gasteiger partial charge in [-0.25, -0.2) is 12.7 Å². The zero-order valence-electron chi connectivity index (χ0n) is 15.7. The maximum atomic E-state index is 12.5. The smallest absolute Gasteiger partial charge is 0.291 e. The fourth-order valence-electron chi connectivity index (χ4n) is 2.29. The van der Waals surface area contributed by atoms with Crippen molar-refractivity contribution in [2.75, 3.05) is 32.5 Å². The Morgan fingerprint density at radius 3 is 2.43 bits per heavy atom. The molecule has 4 N–H and O–H groups in total. The van der Waals surface area contributed by atoms with Crippen molar-refractivity contribution >= 4 is 39.9 Å². The molecule has 0 aliphatic heterocycles. The summed E-state index contributed by atoms with van der Waals surface area (Å²) in [5, 5.41) is 5.20. The third-order valence-electron chi connectivity index (χ3n) is 3.70. The van der Waals surface area contributed by atoms with E-state index in [-0.39, 0.29) is 52.5 Å². The highest BCUT2D eigenvalue weighted by Crippen LogP contribution is 2.24. The first-order valence-electron chi connectivity index (χ1n) is 8.10. The molecule has 1 aromatic carbocycles. The molecule has 154 valence electrons. The monoisotopic (exact) mass is 430 g/mol. The SMILES string of the molecule is Cc1oc(C(=O)Nc2ccccc2C(=O)NCCN)cc1S(=O)(=O)N(C)C.Cl. The molecule has 1 heterocycles. The molecule has 0 saturated heterocycles. The first-order chi connectivity index (χ1) is 12.7. The maximum Gasteiger partial charge on any atom is 0.291 e. The fraction of sp³-hybridized carbons (Fsp3) is 0.294. The fourth-order valence-corrected chi connectivity index (χ4v) is 3.34. The first kappa shape index (κ1) is 23.6. The van der Waals surface area contributed by atoms with Gasteiger partial charge in [0, 0.05) is 33.3 Å². The predicted molar refractivity (Wildman–Crippen MR) is 107 cm³/mol. The third kappa shape index (κ3) is 5.10. The molecule has 0 aliphatic carbocycles. The summed E-state index contributed by atoms with van der Waals surface area (Å²) in [4.78, 5) is 24.6. The molecule has 2 rings (SSSR count). The number of amides is 2. The summed E-state index contributed by atoms with van der Waals surface area (Å²) in [6.07, 6.45) is 0. The van der Waals surface area contributed by atoms with E-state index in [9.17, 15) is 18.0 Å². The summed E-state index contributed by atoms with van der Waals surface area (Å²) in [6.45, 7) is 2.04. The summed E-state index contributed by atoms with van der Waals surface area (Å²) < 4.78 is 30.9. The Bertz CT molecular complexity index is 956. The second kappa shape index (κ2) is 9.69. The van der Waals surface area contributed by atoms with Crippen LogP contribution in [0.3, 0.4) is 0 Å². The molecule has 0 spiro atoms. The minimum absolute atomic E-state index is 0. The van der Waals surface area contributed by atoms with Gasteiger partial charge in [-0.3, -0.25) is 9.59 Å². The zero-order valence-corrected chi connectivity index (χ0v) is 17.3. The standard InChI is InChI=1S/C17H22N4O5S.ClH/c1-11-15(27(24,25)21(2)3)10-14(26-11)17(23)20-13-7-5-4-6-12(13)16(22)19-9-8-18;/h4-7,10H,8-9,18H2,1-3H3,(H,19,22)(H,20,23);1H. The van der Waals surface area contributed by atoms with E-state index in [0.717, 1.165) is 10.4 Å². The number of halogens is 1. The minimum atomic E-state index is -3.74. The van der Waals surface area contributed by atoms with Gasteiger partial charge < -0.3 is 20.8 Å². The van der Waals surface area contributed by atoms with Gasteiger partial charge in [0.05, 0.1) is 11.3 Å². The number of rotatable bonds is 7. The van der Waals surface area contributed by atoms with Crippen LogP contribution >= 0.6 is 12.4 Å². The summed E-state index contributed by atoms with van der Waals surface area (Å²) in [5.41, 5.74) is 5.89. The van der Waals surface area contributed by atoms with Crippen molar-refractivity contribution in [2.45, 2.75) is 11.8 Å². The Labute approximate surface area is 169 Å². The van der Waals surface area contributed by atoms with Gasteiger partial charge in [-0.15, -0.1) is 12.4 Å². The molecule has 9 nitrogen and oxygen atoms in total. The van der Waals surface area contributed by atoms with E-state index in [4.69, 9.17) is 10.2 Å². The third-order valence-corrected chi connectivity index (χ3v) is 5.63. The summed E-state index contributed by atoms with van der Waals surface area (Å²) in [7, 11) is -0.968. The van der Waals surface area contributed by atoms with Crippen molar-refractivity contribution in [3.05, 3.63) is 47.4 Å². The number of sulfonamides is 1. The number of hydrogen-bond acceptors (Lipinski definition) is 6. The largest absolute Gasteiger partial charge is 0.455 e. The van der Waals surface area contributed by atoms with E-state index in [0.29, 0.717) is 6.54 Å². The van der Waals surface area contributed by atoms with Crippen LogP contribution in [-0.2, 0) is 10.0 Å². The lowest BCUT2D eigenvalue weighted by Gasteiger charge is -2.10. The van der Waals surface area contributed by atoms with Gasteiger partial charge in [-0.2, -0.15) is 0 Å². The quantitative estimate of drug-likeness (QED) is 0.604. The van der Waals surface area contributed by atoms with E-state index in [2.05, 4.69) is 10.6 Å². The van der Waals surface area contributed by atoms with Crippen molar-refractivity contribution in [1.29, 1.82) is 0 Å². The number of para-hydroxylation sites is 1. The Morgan fingerprint density at radius 2 is 1.82 bits per heavy atom. The first-order valence-corrected chi connectivity index (χ1v) is 9.54. The molecule has 11 heteroatoms. The van der Waals surface area contributed by atoms with Crippen LogP contribution in [0.5, 0.6) is 0 Å². The minimum Gasteiger partial charge on any atom is -0.455 e. The molecule has 0 unspecified atom stereocenters. The van der Waals surface area contributed by atoms with Gasteiger partial charge in [0.2, 0.25) is 10.0 Å². The summed E-state index contributed by atoms with van der Waals surface area (Å²) in [6, 6.07) is 7.59. The van der Waals surface area contributed by atoms with E-state index >= 15 is 0 Å². The predicted octanol–water partition coefficient (Wildman–Crippen LogP) is 1.20. The molecule has 28 heavy (non-hydrogen) atoms. The van der Waals surface area contributed by atoms with Gasteiger partial charge in [0.15, 0.2) is 5.76 Å². The van der Waals surface area contributed by atoms with E-state index in [1.165, 1.54) is 21.0 Å². The van der Waals surface area contributed by atoms with E-state index < -0.39 is 15.9 Å². The van der Waals surface area contributed by atoms with Crippen molar-refractivity contribution in [3.63, 3.8) is 0 Å². The second-order valence-corrected chi connectivity index (χ2v) is 7.98. The molecule has 0 radical (unpaired) electrons. The van der Waals surface area contributed by atoms with Crippen LogP contribution in [0.15, 0.2) is 39.6 Å². The molecule has 0 saturated carbocycles. The van der Waals surface area contributed by atoms with E-state index in [1.807, 2.05) is 0 Å². The highest BCUT2D eigenvalue weighted by Gasteiger charge is 2.26. The van der Waals surface area contributed by atoms with Crippen LogP contribution < -0.4 is 16.4 Å². The van der Waals surface area contributed by atoms with Gasteiger partial charge >= 0.3 is 0 Å². The number of carbonyl (C=O) groups excluding carboxylic acids is 2. The summed E-state index contributed by atoms with van der Waals surface area (Å²) in [5.74, 6) is -1.13. The number of anilines is 1. The van der Waals surface area contributed by atoms with Crippen molar-refractivity contribution in [1.82, 2.24) is 9.62 Å². The van der Waals surface area contributed by atoms with Crippen LogP contribution in [0, 0.1) is 6.92 Å². The number of benzene rings is 1. The second-order valence-electron chi connectivity index (χ2n) is 5.86. The molecule has 2 aromatic rings. The average Bonchev–Trinajstić information content (AvgIpc) is 3.02. The number of nitrogens with one attached hydrogen (secondary N) is 2. The highest BCUT2D eigenvalue weighted by atomic mass is 35.5. The lowest BCUT2D eigenvalue weighted by Crippen LogP contribution is -2.29. The van der Waals surface area contributed by atoms with Crippen LogP contribution in [0.25, 0.3) is 0 Å². The molecular weight excluding hydrogens is 408 g/mol. The zero-order chi connectivity index (χ0) is 20.2. The molecule has 0 aliphatic rings. The Balaban J connectivity index is 0.00000392. The molecule has 0 atom stereocenters. The number of carbonyl (C=O) groups is 2. The number of nitrogens with two attached hydrogens (primary N) is 1. The lowest BCUT2D eigenvalue weighted by molar-refractivity contribution is 0.0955. The average molecular weight is 431 g/mol. The summed E-state index contributed by atoms with van der Waals surface area (Å²) >= 11 is 0. The van der Waals surface area contributed by atoms with Gasteiger partial charge in [0.1, 0.15) is 10.7 Å². The molecule has 2 amide bonds. The van der Waals surface area contributed by atoms with E-state index in [1.54, 1.807) is 24.3 Å². The van der Waals surface area contributed by atoms with Crippen molar-refractivity contribution in [3.8, 4) is 0 Å². The van der Waals surface area contributed by atoms with Crippen molar-refractivity contribution < 1.29 is 22.4 Å². The van der Waals surface area contributed by atoms with Gasteiger partial charge in [0.25, 0.3) is 11.8 Å². The Morgan fingerprint density at radius 1 is 1.18 bits per heavy atom. The van der Waals surface area contributed by atoms with Gasteiger partial charge in [-0.1, -0.05) is 12.1 Å². The molecule has 0 bridgehead atoms. The number of nitrogens with zero attached hydrogens (tertiary/aromatic N) is 1. The molecular formula is C17H23ClN4O5S. The van der Waals surface area contributed by atoms with Crippen LogP contribution in [0.4, 0.5) is 5.69 Å². The number of aryl methyl sites for hydroxylation is 1. The maximum absolute atomic E-state index is 12.5. The number of hydrogen-bond donors (Lipinski definition) is 3.